The molecule has 1 saturated heterocycles. The Balaban J connectivity index is 1.64. The maximum absolute atomic E-state index is 12.5. The molecule has 5 heteroatoms. The lowest BCUT2D eigenvalue weighted by molar-refractivity contribution is 0.0857. The van der Waals surface area contributed by atoms with Crippen LogP contribution in [0.3, 0.4) is 0 Å². The minimum atomic E-state index is -0.0651. The summed E-state index contributed by atoms with van der Waals surface area (Å²) in [5, 5.41) is 2.97. The zero-order chi connectivity index (χ0) is 18.4. The molecule has 0 bridgehead atoms. The summed E-state index contributed by atoms with van der Waals surface area (Å²) in [5.74, 6) is 1.49. The molecular formula is C21H25NO3S. The lowest BCUT2D eigenvalue weighted by Crippen LogP contribution is -2.31. The van der Waals surface area contributed by atoms with Crippen LogP contribution in [-0.4, -0.2) is 32.3 Å². The summed E-state index contributed by atoms with van der Waals surface area (Å²) in [7, 11) is 1.66. The average Bonchev–Trinajstić information content (AvgIpc) is 3.19. The van der Waals surface area contributed by atoms with E-state index in [0.29, 0.717) is 12.1 Å². The van der Waals surface area contributed by atoms with Gasteiger partial charge in [0.1, 0.15) is 5.75 Å². The molecule has 1 aliphatic rings. The molecule has 1 aliphatic heterocycles. The van der Waals surface area contributed by atoms with Crippen molar-refractivity contribution in [2.75, 3.05) is 20.3 Å². The van der Waals surface area contributed by atoms with Crippen LogP contribution in [0.2, 0.25) is 0 Å². The Labute approximate surface area is 159 Å². The molecule has 26 heavy (non-hydrogen) atoms. The van der Waals surface area contributed by atoms with Crippen molar-refractivity contribution in [3.05, 3.63) is 59.2 Å². The van der Waals surface area contributed by atoms with E-state index < -0.39 is 0 Å². The zero-order valence-corrected chi connectivity index (χ0v) is 16.1. The fraction of sp³-hybridized carbons (Fsp3) is 0.381. The number of nitrogens with one attached hydrogen (secondary N) is 1. The maximum atomic E-state index is 12.5. The van der Waals surface area contributed by atoms with Crippen LogP contribution in [0.1, 0.15) is 34.3 Å². The van der Waals surface area contributed by atoms with Crippen molar-refractivity contribution < 1.29 is 14.3 Å². The maximum Gasteiger partial charge on any atom is 0.251 e. The quantitative estimate of drug-likeness (QED) is 0.741. The van der Waals surface area contributed by atoms with Gasteiger partial charge in [0.05, 0.1) is 13.2 Å². The second-order valence-corrected chi connectivity index (χ2v) is 7.52. The molecular weight excluding hydrogens is 346 g/mol. The van der Waals surface area contributed by atoms with Crippen molar-refractivity contribution in [3.63, 3.8) is 0 Å². The highest BCUT2D eigenvalue weighted by molar-refractivity contribution is 7.98. The Morgan fingerprint density at radius 3 is 2.77 bits per heavy atom. The predicted molar refractivity (Wildman–Crippen MR) is 105 cm³/mol. The summed E-state index contributed by atoms with van der Waals surface area (Å²) >= 11 is 1.73. The van der Waals surface area contributed by atoms with Crippen LogP contribution in [0, 0.1) is 6.92 Å². The van der Waals surface area contributed by atoms with E-state index in [0.717, 1.165) is 36.5 Å². The first-order chi connectivity index (χ1) is 12.7. The van der Waals surface area contributed by atoms with E-state index in [4.69, 9.17) is 9.47 Å². The number of hydrogen-bond donors (Lipinski definition) is 1. The number of amides is 1. The number of carbonyl (C=O) groups excluding carboxylic acids is 1. The van der Waals surface area contributed by atoms with Crippen molar-refractivity contribution in [2.24, 2.45) is 0 Å². The van der Waals surface area contributed by atoms with Gasteiger partial charge in [-0.2, -0.15) is 0 Å². The molecule has 0 aliphatic carbocycles. The highest BCUT2D eigenvalue weighted by Gasteiger charge is 2.17. The highest BCUT2D eigenvalue weighted by atomic mass is 32.2. The third kappa shape index (κ3) is 5.02. The molecule has 4 nitrogen and oxygen atoms in total. The Bertz CT molecular complexity index is 739. The molecule has 1 N–H and O–H groups in total. The SMILES string of the molecule is COc1ccc(C(=O)NC[C@@H]2CCCO2)cc1CSc1ccc(C)cc1. The molecule has 1 fully saturated rings. The number of rotatable bonds is 7. The summed E-state index contributed by atoms with van der Waals surface area (Å²) in [5.41, 5.74) is 2.92. The van der Waals surface area contributed by atoms with Gasteiger partial charge < -0.3 is 14.8 Å². The second kappa shape index (κ2) is 9.10. The molecule has 3 rings (SSSR count). The largest absolute Gasteiger partial charge is 0.496 e. The van der Waals surface area contributed by atoms with Crippen molar-refractivity contribution in [3.8, 4) is 5.75 Å². The Kier molecular flexibility index (Phi) is 6.58. The summed E-state index contributed by atoms with van der Waals surface area (Å²) in [6.45, 7) is 3.44. The monoisotopic (exact) mass is 371 g/mol. The van der Waals surface area contributed by atoms with Gasteiger partial charge in [-0.15, -0.1) is 11.8 Å². The lowest BCUT2D eigenvalue weighted by atomic mass is 10.1. The first-order valence-electron chi connectivity index (χ1n) is 8.92. The predicted octanol–water partition coefficient (Wildman–Crippen LogP) is 4.20. The van der Waals surface area contributed by atoms with Gasteiger partial charge >= 0.3 is 0 Å². The number of carbonyl (C=O) groups is 1. The minimum absolute atomic E-state index is 0.0651. The highest BCUT2D eigenvalue weighted by Crippen LogP contribution is 2.29. The summed E-state index contributed by atoms with van der Waals surface area (Å²) in [6, 6.07) is 14.0. The van der Waals surface area contributed by atoms with E-state index in [1.807, 2.05) is 18.2 Å². The van der Waals surface area contributed by atoms with Crippen LogP contribution in [-0.2, 0) is 10.5 Å². The van der Waals surface area contributed by atoms with Crippen molar-refractivity contribution in [2.45, 2.75) is 36.5 Å². The van der Waals surface area contributed by atoms with Crippen molar-refractivity contribution >= 4 is 17.7 Å². The van der Waals surface area contributed by atoms with Crippen molar-refractivity contribution in [1.29, 1.82) is 0 Å². The van der Waals surface area contributed by atoms with E-state index in [2.05, 4.69) is 36.5 Å². The van der Waals surface area contributed by atoms with Crippen LogP contribution in [0.4, 0.5) is 0 Å². The molecule has 2 aromatic rings. The standard InChI is InChI=1S/C21H25NO3S/c1-15-5-8-19(9-6-15)26-14-17-12-16(7-10-20(17)24-2)21(23)22-13-18-4-3-11-25-18/h5-10,12,18H,3-4,11,13-14H2,1-2H3,(H,22,23)/t18-/m0/s1. The van der Waals surface area contributed by atoms with Gasteiger partial charge in [0.15, 0.2) is 0 Å². The molecule has 1 heterocycles. The summed E-state index contributed by atoms with van der Waals surface area (Å²) < 4.78 is 11.0. The number of benzene rings is 2. The number of thioether (sulfide) groups is 1. The fourth-order valence-corrected chi connectivity index (χ4v) is 3.82. The third-order valence-corrected chi connectivity index (χ3v) is 5.53. The van der Waals surface area contributed by atoms with Crippen LogP contribution >= 0.6 is 11.8 Å². The Morgan fingerprint density at radius 2 is 2.08 bits per heavy atom. The third-order valence-electron chi connectivity index (χ3n) is 4.47. The molecule has 138 valence electrons. The smallest absolute Gasteiger partial charge is 0.251 e. The van der Waals surface area contributed by atoms with Crippen molar-refractivity contribution in [1.82, 2.24) is 5.32 Å². The number of ether oxygens (including phenoxy) is 2. The van der Waals surface area contributed by atoms with E-state index in [1.54, 1.807) is 18.9 Å². The first-order valence-corrected chi connectivity index (χ1v) is 9.90. The van der Waals surface area contributed by atoms with E-state index >= 15 is 0 Å². The number of hydrogen-bond acceptors (Lipinski definition) is 4. The van der Waals surface area contributed by atoms with Gasteiger partial charge in [-0.05, 0) is 50.1 Å². The van der Waals surface area contributed by atoms with Gasteiger partial charge in [-0.3, -0.25) is 4.79 Å². The lowest BCUT2D eigenvalue weighted by Gasteiger charge is -2.13. The van der Waals surface area contributed by atoms with E-state index in [9.17, 15) is 4.79 Å². The van der Waals surface area contributed by atoms with Gasteiger partial charge in [0, 0.05) is 34.9 Å². The minimum Gasteiger partial charge on any atom is -0.496 e. The molecule has 0 aromatic heterocycles. The van der Waals surface area contributed by atoms with Gasteiger partial charge in [-0.1, -0.05) is 17.7 Å². The average molecular weight is 372 g/mol. The van der Waals surface area contributed by atoms with Crippen LogP contribution in [0.15, 0.2) is 47.4 Å². The fourth-order valence-electron chi connectivity index (χ4n) is 2.94. The van der Waals surface area contributed by atoms with Gasteiger partial charge in [0.25, 0.3) is 5.91 Å². The van der Waals surface area contributed by atoms with Crippen LogP contribution < -0.4 is 10.1 Å². The zero-order valence-electron chi connectivity index (χ0n) is 15.3. The van der Waals surface area contributed by atoms with E-state index in [1.165, 1.54) is 10.5 Å². The summed E-state index contributed by atoms with van der Waals surface area (Å²) in [4.78, 5) is 13.7. The van der Waals surface area contributed by atoms with Crippen LogP contribution in [0.5, 0.6) is 5.75 Å². The summed E-state index contributed by atoms with van der Waals surface area (Å²) in [6.07, 6.45) is 2.24. The Morgan fingerprint density at radius 1 is 1.27 bits per heavy atom. The first kappa shape index (κ1) is 18.8. The Hall–Kier alpha value is -1.98. The van der Waals surface area contributed by atoms with Gasteiger partial charge in [-0.25, -0.2) is 0 Å². The molecule has 2 aromatic carbocycles. The molecule has 1 atom stereocenters. The molecule has 0 unspecified atom stereocenters. The molecule has 1 amide bonds. The number of aryl methyl sites for hydroxylation is 1. The molecule has 0 spiro atoms. The normalized spacial score (nSPS) is 16.5. The molecule has 0 saturated carbocycles. The van der Waals surface area contributed by atoms with Crippen LogP contribution in [0.25, 0.3) is 0 Å². The number of methoxy groups -OCH3 is 1. The second-order valence-electron chi connectivity index (χ2n) is 6.47. The van der Waals surface area contributed by atoms with E-state index in [-0.39, 0.29) is 12.0 Å². The molecule has 0 radical (unpaired) electrons. The topological polar surface area (TPSA) is 47.6 Å². The van der Waals surface area contributed by atoms with Gasteiger partial charge in [0.2, 0.25) is 0 Å².